The first kappa shape index (κ1) is 21.7. The van der Waals surface area contributed by atoms with E-state index in [0.29, 0.717) is 34.7 Å². The van der Waals surface area contributed by atoms with Crippen LogP contribution in [-0.4, -0.2) is 29.5 Å². The van der Waals surface area contributed by atoms with Crippen LogP contribution < -0.4 is 16.0 Å². The molecule has 32 heavy (non-hydrogen) atoms. The summed E-state index contributed by atoms with van der Waals surface area (Å²) in [5, 5.41) is 7.93. The van der Waals surface area contributed by atoms with E-state index >= 15 is 0 Å². The molecule has 10 heteroatoms. The number of amides is 1. The lowest BCUT2D eigenvalue weighted by molar-refractivity contribution is 0.0965. The number of carbonyl (C=O) groups is 1. The van der Waals surface area contributed by atoms with Crippen molar-refractivity contribution in [1.29, 1.82) is 0 Å². The Balaban J connectivity index is 1.66. The third kappa shape index (κ3) is 4.01. The second-order valence-electron chi connectivity index (χ2n) is 7.74. The lowest BCUT2D eigenvalue weighted by Crippen LogP contribution is -2.16. The Hall–Kier alpha value is -3.53. The van der Waals surface area contributed by atoms with E-state index in [-0.39, 0.29) is 22.4 Å². The summed E-state index contributed by atoms with van der Waals surface area (Å²) in [5.74, 6) is -0.335. The number of para-hydroxylation sites is 1. The van der Waals surface area contributed by atoms with Gasteiger partial charge in [-0.3, -0.25) is 4.79 Å². The van der Waals surface area contributed by atoms with Crippen LogP contribution in [0.25, 0.3) is 0 Å². The zero-order valence-corrected chi connectivity index (χ0v) is 18.5. The van der Waals surface area contributed by atoms with Gasteiger partial charge in [-0.15, -0.1) is 0 Å². The Kier molecular flexibility index (Phi) is 5.55. The third-order valence-corrected chi connectivity index (χ3v) is 7.37. The van der Waals surface area contributed by atoms with Gasteiger partial charge in [0.25, 0.3) is 5.91 Å². The zero-order valence-electron chi connectivity index (χ0n) is 17.7. The van der Waals surface area contributed by atoms with Crippen LogP contribution in [0.4, 0.5) is 27.5 Å². The highest BCUT2D eigenvalue weighted by atomic mass is 32.2. The molecule has 1 aromatic heterocycles. The number of sulfone groups is 1. The van der Waals surface area contributed by atoms with E-state index < -0.39 is 20.9 Å². The average Bonchev–Trinajstić information content (AvgIpc) is 3.10. The van der Waals surface area contributed by atoms with E-state index in [0.717, 1.165) is 0 Å². The second-order valence-corrected chi connectivity index (χ2v) is 10.2. The number of nitrogens with zero attached hydrogens (tertiary/aromatic N) is 2. The van der Waals surface area contributed by atoms with Crippen LogP contribution >= 0.6 is 0 Å². The summed E-state index contributed by atoms with van der Waals surface area (Å²) in [6.07, 6.45) is 1.54. The highest BCUT2D eigenvalue weighted by Gasteiger charge is 2.24. The molecule has 3 N–H and O–H groups in total. The molecule has 0 unspecified atom stereocenters. The highest BCUT2D eigenvalue weighted by molar-refractivity contribution is 7.92. The van der Waals surface area contributed by atoms with Crippen molar-refractivity contribution >= 4 is 38.9 Å². The number of nitrogens with one attached hydrogen (secondary N) is 3. The molecule has 3 aromatic rings. The molecule has 0 spiro atoms. The van der Waals surface area contributed by atoms with Crippen molar-refractivity contribution in [2.24, 2.45) is 0 Å². The Bertz CT molecular complexity index is 1330. The van der Waals surface area contributed by atoms with Crippen LogP contribution in [0.5, 0.6) is 0 Å². The molecule has 0 atom stereocenters. The summed E-state index contributed by atoms with van der Waals surface area (Å²) < 4.78 is 40.0. The van der Waals surface area contributed by atoms with Crippen LogP contribution in [0, 0.1) is 12.7 Å². The Morgan fingerprint density at radius 1 is 1.12 bits per heavy atom. The van der Waals surface area contributed by atoms with E-state index in [9.17, 15) is 17.6 Å². The third-order valence-electron chi connectivity index (χ3n) is 5.16. The monoisotopic (exact) mass is 455 g/mol. The van der Waals surface area contributed by atoms with Gasteiger partial charge in [-0.25, -0.2) is 17.8 Å². The molecule has 0 radical (unpaired) electrons. The summed E-state index contributed by atoms with van der Waals surface area (Å²) in [4.78, 5) is 20.6. The molecule has 166 valence electrons. The first-order valence-corrected chi connectivity index (χ1v) is 11.5. The van der Waals surface area contributed by atoms with Crippen molar-refractivity contribution in [3.8, 4) is 0 Å². The van der Waals surface area contributed by atoms with Crippen molar-refractivity contribution in [1.82, 2.24) is 15.3 Å². The topological polar surface area (TPSA) is 113 Å². The summed E-state index contributed by atoms with van der Waals surface area (Å²) in [7, 11) is -3.52. The number of aromatic nitrogens is 2. The number of anilines is 4. The fourth-order valence-electron chi connectivity index (χ4n) is 3.29. The van der Waals surface area contributed by atoms with E-state index in [1.807, 2.05) is 0 Å². The van der Waals surface area contributed by atoms with E-state index in [1.54, 1.807) is 39.0 Å². The fourth-order valence-corrected chi connectivity index (χ4v) is 4.49. The maximum Gasteiger partial charge on any atom is 0.251 e. The largest absolute Gasteiger partial charge is 0.348 e. The standard InChI is InChI=1S/C22H22FN5O3S/c1-12(2)32(30,31)19-7-5-4-6-17(19)26-20-13(3)10-25-22(28-20)27-18-9-15-14(8-16(18)23)11-24-21(15)29/h4-10,12H,11H2,1-3H3,(H,24,29)(H2,25,26,27,28). The van der Waals surface area contributed by atoms with Gasteiger partial charge in [0, 0.05) is 23.9 Å². The zero-order chi connectivity index (χ0) is 23.0. The minimum Gasteiger partial charge on any atom is -0.348 e. The SMILES string of the molecule is Cc1cnc(Nc2cc3c(cc2F)CNC3=O)nc1Nc1ccccc1S(=O)(=O)C(C)C. The first-order valence-electron chi connectivity index (χ1n) is 9.98. The average molecular weight is 456 g/mol. The quantitative estimate of drug-likeness (QED) is 0.518. The molecule has 2 heterocycles. The number of carbonyl (C=O) groups excluding carboxylic acids is 1. The predicted octanol–water partition coefficient (Wildman–Crippen LogP) is 3.84. The number of benzene rings is 2. The Morgan fingerprint density at radius 3 is 2.62 bits per heavy atom. The summed E-state index contributed by atoms with van der Waals surface area (Å²) in [6.45, 7) is 5.30. The lowest BCUT2D eigenvalue weighted by Gasteiger charge is -2.16. The van der Waals surface area contributed by atoms with Crippen LogP contribution in [0.3, 0.4) is 0 Å². The van der Waals surface area contributed by atoms with Gasteiger partial charge in [-0.1, -0.05) is 12.1 Å². The summed E-state index contributed by atoms with van der Waals surface area (Å²) >= 11 is 0. The number of rotatable bonds is 6. The van der Waals surface area contributed by atoms with Gasteiger partial charge in [0.2, 0.25) is 5.95 Å². The molecule has 1 amide bonds. The smallest absolute Gasteiger partial charge is 0.251 e. The van der Waals surface area contributed by atoms with Crippen LogP contribution in [0.1, 0.15) is 35.3 Å². The molecule has 2 aromatic carbocycles. The van der Waals surface area contributed by atoms with E-state index in [1.165, 1.54) is 24.4 Å². The summed E-state index contributed by atoms with van der Waals surface area (Å²) in [6, 6.07) is 9.31. The molecule has 8 nitrogen and oxygen atoms in total. The van der Waals surface area contributed by atoms with Crippen LogP contribution in [0.15, 0.2) is 47.5 Å². The van der Waals surface area contributed by atoms with Crippen molar-refractivity contribution in [3.63, 3.8) is 0 Å². The van der Waals surface area contributed by atoms with Crippen molar-refractivity contribution in [2.75, 3.05) is 10.6 Å². The highest BCUT2D eigenvalue weighted by Crippen LogP contribution is 2.30. The number of hydrogen-bond acceptors (Lipinski definition) is 7. The van der Waals surface area contributed by atoms with Crippen molar-refractivity contribution in [3.05, 3.63) is 65.1 Å². The molecule has 0 fully saturated rings. The number of fused-ring (bicyclic) bond motifs is 1. The maximum atomic E-state index is 14.5. The fraction of sp³-hybridized carbons (Fsp3) is 0.227. The molecule has 0 saturated heterocycles. The minimum atomic E-state index is -3.52. The number of hydrogen-bond donors (Lipinski definition) is 3. The minimum absolute atomic E-state index is 0.0680. The molecule has 1 aliphatic heterocycles. The molecule has 1 aliphatic rings. The van der Waals surface area contributed by atoms with Gasteiger partial charge in [0.05, 0.1) is 21.5 Å². The normalized spacial score (nSPS) is 13.1. The molecular weight excluding hydrogens is 433 g/mol. The molecule has 4 rings (SSSR count). The van der Waals surface area contributed by atoms with Gasteiger partial charge in [0.1, 0.15) is 11.6 Å². The van der Waals surface area contributed by atoms with Gasteiger partial charge < -0.3 is 16.0 Å². The predicted molar refractivity (Wildman–Crippen MR) is 120 cm³/mol. The van der Waals surface area contributed by atoms with Crippen molar-refractivity contribution in [2.45, 2.75) is 37.5 Å². The lowest BCUT2D eigenvalue weighted by atomic mass is 10.1. The van der Waals surface area contributed by atoms with Crippen molar-refractivity contribution < 1.29 is 17.6 Å². The number of aryl methyl sites for hydroxylation is 1. The molecular formula is C22H22FN5O3S. The van der Waals surface area contributed by atoms with Gasteiger partial charge in [-0.05, 0) is 50.6 Å². The summed E-state index contributed by atoms with van der Waals surface area (Å²) in [5.41, 5.74) is 2.11. The Labute approximate surface area is 185 Å². The van der Waals surface area contributed by atoms with Crippen LogP contribution in [-0.2, 0) is 16.4 Å². The maximum absolute atomic E-state index is 14.5. The van der Waals surface area contributed by atoms with E-state index in [4.69, 9.17) is 0 Å². The van der Waals surface area contributed by atoms with Crippen LogP contribution in [0.2, 0.25) is 0 Å². The molecule has 0 saturated carbocycles. The molecule has 0 aliphatic carbocycles. The van der Waals surface area contributed by atoms with Gasteiger partial charge in [0.15, 0.2) is 9.84 Å². The number of halogens is 1. The van der Waals surface area contributed by atoms with Gasteiger partial charge >= 0.3 is 0 Å². The molecule has 0 bridgehead atoms. The second kappa shape index (κ2) is 8.19. The first-order chi connectivity index (χ1) is 15.2. The van der Waals surface area contributed by atoms with E-state index in [2.05, 4.69) is 25.9 Å². The van der Waals surface area contributed by atoms with Gasteiger partial charge in [-0.2, -0.15) is 4.98 Å². The Morgan fingerprint density at radius 2 is 1.88 bits per heavy atom.